The second-order valence-electron chi connectivity index (χ2n) is 5.27. The minimum atomic E-state index is 0.342. The number of nitrogens with zero attached hydrogens (tertiary/aromatic N) is 1. The van der Waals surface area contributed by atoms with Crippen molar-refractivity contribution in [2.24, 2.45) is 5.92 Å². The maximum Gasteiger partial charge on any atom is 0.223 e. The summed E-state index contributed by atoms with van der Waals surface area (Å²) in [6.45, 7) is 0.940. The second kappa shape index (κ2) is 5.27. The van der Waals surface area contributed by atoms with Crippen molar-refractivity contribution in [3.63, 3.8) is 0 Å². The van der Waals surface area contributed by atoms with Crippen LogP contribution in [0.25, 0.3) is 0 Å². The molecule has 2 unspecified atom stereocenters. The van der Waals surface area contributed by atoms with E-state index in [1.54, 1.807) is 11.3 Å². The first-order valence-corrected chi connectivity index (χ1v) is 7.77. The highest BCUT2D eigenvalue weighted by atomic mass is 32.1. The Hall–Kier alpha value is -1.09. The molecule has 1 aliphatic heterocycles. The molecular formula is C15H19NOS. The van der Waals surface area contributed by atoms with E-state index in [1.165, 1.54) is 5.56 Å². The van der Waals surface area contributed by atoms with Gasteiger partial charge in [0, 0.05) is 13.0 Å². The molecule has 0 saturated carbocycles. The van der Waals surface area contributed by atoms with Crippen LogP contribution in [0.3, 0.4) is 0 Å². The maximum atomic E-state index is 12.4. The van der Waals surface area contributed by atoms with Crippen LogP contribution in [0, 0.1) is 5.92 Å². The first-order chi connectivity index (χ1) is 8.84. The molecule has 1 aromatic heterocycles. The number of rotatable bonds is 3. The lowest BCUT2D eigenvalue weighted by Gasteiger charge is -2.25. The van der Waals surface area contributed by atoms with Gasteiger partial charge in [-0.1, -0.05) is 12.2 Å². The van der Waals surface area contributed by atoms with Crippen molar-refractivity contribution in [2.75, 3.05) is 6.54 Å². The zero-order valence-corrected chi connectivity index (χ0v) is 11.4. The Kier molecular flexibility index (Phi) is 3.50. The summed E-state index contributed by atoms with van der Waals surface area (Å²) in [5, 5.41) is 4.29. The minimum absolute atomic E-state index is 0.342. The van der Waals surface area contributed by atoms with Gasteiger partial charge in [-0.2, -0.15) is 11.3 Å². The van der Waals surface area contributed by atoms with Crippen molar-refractivity contribution < 1.29 is 4.79 Å². The van der Waals surface area contributed by atoms with E-state index in [0.29, 0.717) is 24.3 Å². The molecule has 96 valence electrons. The van der Waals surface area contributed by atoms with E-state index in [1.807, 2.05) is 0 Å². The third kappa shape index (κ3) is 2.37. The van der Waals surface area contributed by atoms with Gasteiger partial charge in [-0.3, -0.25) is 4.79 Å². The van der Waals surface area contributed by atoms with Crippen LogP contribution in [0.1, 0.15) is 43.7 Å². The Morgan fingerprint density at radius 3 is 3.11 bits per heavy atom. The van der Waals surface area contributed by atoms with Crippen molar-refractivity contribution in [2.45, 2.75) is 38.1 Å². The Morgan fingerprint density at radius 2 is 2.39 bits per heavy atom. The summed E-state index contributed by atoms with van der Waals surface area (Å²) in [5.74, 6) is 0.835. The van der Waals surface area contributed by atoms with Crippen molar-refractivity contribution in [3.05, 3.63) is 34.5 Å². The molecule has 1 amide bonds. The van der Waals surface area contributed by atoms with Gasteiger partial charge in [0.15, 0.2) is 0 Å². The summed E-state index contributed by atoms with van der Waals surface area (Å²) >= 11 is 1.72. The highest BCUT2D eigenvalue weighted by Gasteiger charge is 2.30. The third-order valence-corrected chi connectivity index (χ3v) is 4.75. The van der Waals surface area contributed by atoms with E-state index in [0.717, 1.165) is 32.2 Å². The fraction of sp³-hybridized carbons (Fsp3) is 0.533. The Balaban J connectivity index is 1.66. The lowest BCUT2D eigenvalue weighted by molar-refractivity contribution is -0.132. The molecule has 0 spiro atoms. The van der Waals surface area contributed by atoms with E-state index in [-0.39, 0.29) is 0 Å². The topological polar surface area (TPSA) is 20.3 Å². The molecule has 1 aromatic rings. The van der Waals surface area contributed by atoms with Crippen LogP contribution >= 0.6 is 11.3 Å². The van der Waals surface area contributed by atoms with Gasteiger partial charge in [0.2, 0.25) is 5.91 Å². The van der Waals surface area contributed by atoms with Gasteiger partial charge in [-0.25, -0.2) is 0 Å². The molecule has 3 rings (SSSR count). The number of hydrogen-bond acceptors (Lipinski definition) is 2. The van der Waals surface area contributed by atoms with E-state index in [9.17, 15) is 4.79 Å². The number of carbonyl (C=O) groups excluding carboxylic acids is 1. The number of carbonyl (C=O) groups is 1. The van der Waals surface area contributed by atoms with E-state index in [4.69, 9.17) is 0 Å². The largest absolute Gasteiger partial charge is 0.336 e. The predicted octanol–water partition coefficient (Wildman–Crippen LogP) is 3.77. The average Bonchev–Trinajstić information content (AvgIpc) is 3.11. The molecule has 0 N–H and O–H groups in total. The van der Waals surface area contributed by atoms with E-state index < -0.39 is 0 Å². The fourth-order valence-corrected chi connectivity index (χ4v) is 3.79. The van der Waals surface area contributed by atoms with E-state index >= 15 is 0 Å². The van der Waals surface area contributed by atoms with Crippen LogP contribution < -0.4 is 0 Å². The summed E-state index contributed by atoms with van der Waals surface area (Å²) in [6.07, 6.45) is 9.70. The monoisotopic (exact) mass is 261 g/mol. The quantitative estimate of drug-likeness (QED) is 0.758. The van der Waals surface area contributed by atoms with Gasteiger partial charge in [-0.15, -0.1) is 0 Å². The van der Waals surface area contributed by atoms with Gasteiger partial charge in [0.1, 0.15) is 0 Å². The van der Waals surface area contributed by atoms with Crippen LogP contribution in [0.15, 0.2) is 29.0 Å². The first-order valence-electron chi connectivity index (χ1n) is 6.83. The van der Waals surface area contributed by atoms with Crippen LogP contribution in [-0.4, -0.2) is 17.4 Å². The smallest absolute Gasteiger partial charge is 0.223 e. The zero-order valence-electron chi connectivity index (χ0n) is 10.5. The van der Waals surface area contributed by atoms with Crippen LogP contribution in [0.2, 0.25) is 0 Å². The molecule has 1 aliphatic carbocycles. The van der Waals surface area contributed by atoms with Crippen molar-refractivity contribution in [1.29, 1.82) is 0 Å². The van der Waals surface area contributed by atoms with E-state index in [2.05, 4.69) is 33.9 Å². The average molecular weight is 261 g/mol. The van der Waals surface area contributed by atoms with Crippen LogP contribution in [0.5, 0.6) is 0 Å². The zero-order chi connectivity index (χ0) is 12.4. The maximum absolute atomic E-state index is 12.4. The molecule has 2 heterocycles. The second-order valence-corrected chi connectivity index (χ2v) is 6.05. The van der Waals surface area contributed by atoms with Crippen molar-refractivity contribution in [1.82, 2.24) is 4.90 Å². The molecular weight excluding hydrogens is 242 g/mol. The van der Waals surface area contributed by atoms with Gasteiger partial charge in [-0.05, 0) is 54.0 Å². The summed E-state index contributed by atoms with van der Waals surface area (Å²) in [7, 11) is 0. The molecule has 2 atom stereocenters. The van der Waals surface area contributed by atoms with Crippen molar-refractivity contribution >= 4 is 17.2 Å². The molecule has 0 radical (unpaired) electrons. The van der Waals surface area contributed by atoms with Crippen LogP contribution in [0.4, 0.5) is 0 Å². The lowest BCUT2D eigenvalue weighted by Crippen LogP contribution is -2.31. The molecule has 2 nitrogen and oxygen atoms in total. The lowest BCUT2D eigenvalue weighted by atomic mass is 10.0. The van der Waals surface area contributed by atoms with Crippen molar-refractivity contribution in [3.8, 4) is 0 Å². The summed E-state index contributed by atoms with van der Waals surface area (Å²) < 4.78 is 0. The van der Waals surface area contributed by atoms with Gasteiger partial charge in [0.25, 0.3) is 0 Å². The Bertz CT molecular complexity index is 437. The number of amides is 1. The Labute approximate surface area is 112 Å². The third-order valence-electron chi connectivity index (χ3n) is 4.05. The number of allylic oxidation sites excluding steroid dienone is 2. The number of thiophene rings is 1. The number of likely N-dealkylation sites (tertiary alicyclic amines) is 1. The first kappa shape index (κ1) is 12.0. The normalized spacial score (nSPS) is 27.0. The standard InChI is InChI=1S/C15H19NOS/c17-15(10-12-4-1-2-5-12)16-8-3-6-14(16)13-7-9-18-11-13/h1,4,7,9,11-12,14H,2-3,5-6,8,10H2. The van der Waals surface area contributed by atoms with Gasteiger partial charge < -0.3 is 4.90 Å². The summed E-state index contributed by atoms with van der Waals surface area (Å²) in [4.78, 5) is 14.5. The molecule has 0 aromatic carbocycles. The summed E-state index contributed by atoms with van der Waals surface area (Å²) in [5.41, 5.74) is 1.33. The molecule has 2 aliphatic rings. The molecule has 0 bridgehead atoms. The molecule has 18 heavy (non-hydrogen) atoms. The van der Waals surface area contributed by atoms with Crippen LogP contribution in [-0.2, 0) is 4.79 Å². The molecule has 1 saturated heterocycles. The van der Waals surface area contributed by atoms with Gasteiger partial charge >= 0.3 is 0 Å². The number of hydrogen-bond donors (Lipinski definition) is 0. The summed E-state index contributed by atoms with van der Waals surface area (Å²) in [6, 6.07) is 2.50. The molecule has 1 fully saturated rings. The highest BCUT2D eigenvalue weighted by Crippen LogP contribution is 2.34. The Morgan fingerprint density at radius 1 is 1.44 bits per heavy atom. The highest BCUT2D eigenvalue weighted by molar-refractivity contribution is 7.07. The fourth-order valence-electron chi connectivity index (χ4n) is 3.08. The SMILES string of the molecule is O=C(CC1C=CCC1)N1CCCC1c1ccsc1. The molecule has 3 heteroatoms. The predicted molar refractivity (Wildman–Crippen MR) is 74.5 cm³/mol. The van der Waals surface area contributed by atoms with Gasteiger partial charge in [0.05, 0.1) is 6.04 Å². The minimum Gasteiger partial charge on any atom is -0.336 e.